The predicted molar refractivity (Wildman–Crippen MR) is 86.7 cm³/mol. The van der Waals surface area contributed by atoms with Crippen molar-refractivity contribution in [3.8, 4) is 11.8 Å². The summed E-state index contributed by atoms with van der Waals surface area (Å²) >= 11 is 0. The van der Waals surface area contributed by atoms with Crippen LogP contribution in [0.5, 0.6) is 0 Å². The van der Waals surface area contributed by atoms with Gasteiger partial charge in [0.25, 0.3) is 0 Å². The Morgan fingerprint density at radius 1 is 0.955 bits per heavy atom. The maximum atomic E-state index is 11.3. The largest absolute Gasteiger partial charge is 0.377 e. The highest BCUT2D eigenvalue weighted by atomic mass is 16.6. The molecule has 1 amide bonds. The Morgan fingerprint density at radius 2 is 1.45 bits per heavy atom. The molecule has 22 heavy (non-hydrogen) atoms. The van der Waals surface area contributed by atoms with Gasteiger partial charge in [-0.1, -0.05) is 19.8 Å². The van der Waals surface area contributed by atoms with Gasteiger partial charge in [-0.15, -0.1) is 5.92 Å². The van der Waals surface area contributed by atoms with Gasteiger partial charge < -0.3 is 24.3 Å². The molecule has 130 valence electrons. The molecule has 0 saturated carbocycles. The van der Waals surface area contributed by atoms with Crippen molar-refractivity contribution in [3.63, 3.8) is 0 Å². The van der Waals surface area contributed by atoms with Gasteiger partial charge in [-0.25, -0.2) is 0 Å². The standard InChI is InChI=1S/C16H29NO5.H2/c1-4-5-7-19-9-11-21-13-14-22-12-10-20-8-6-17-16(18)15(2)3;/h15H,6-14H2,1-3H3,(H,17,18);1H. The Morgan fingerprint density at radius 3 is 1.95 bits per heavy atom. The summed E-state index contributed by atoms with van der Waals surface area (Å²) in [4.78, 5) is 11.3. The molecule has 0 aromatic carbocycles. The highest BCUT2D eigenvalue weighted by molar-refractivity contribution is 5.77. The Labute approximate surface area is 135 Å². The van der Waals surface area contributed by atoms with Crippen LogP contribution in [0.2, 0.25) is 0 Å². The zero-order chi connectivity index (χ0) is 16.5. The molecule has 0 bridgehead atoms. The minimum absolute atomic E-state index is 0. The van der Waals surface area contributed by atoms with Gasteiger partial charge >= 0.3 is 0 Å². The van der Waals surface area contributed by atoms with E-state index in [9.17, 15) is 4.79 Å². The quantitative estimate of drug-likeness (QED) is 0.384. The van der Waals surface area contributed by atoms with Crippen LogP contribution in [0, 0.1) is 17.8 Å². The fourth-order valence-corrected chi connectivity index (χ4v) is 1.31. The van der Waals surface area contributed by atoms with Crippen LogP contribution in [0.3, 0.4) is 0 Å². The lowest BCUT2D eigenvalue weighted by Gasteiger charge is -2.09. The van der Waals surface area contributed by atoms with Crippen LogP contribution in [0.25, 0.3) is 0 Å². The van der Waals surface area contributed by atoms with Gasteiger partial charge in [-0.3, -0.25) is 4.79 Å². The molecule has 0 atom stereocenters. The summed E-state index contributed by atoms with van der Waals surface area (Å²) in [6, 6.07) is 0. The number of rotatable bonds is 14. The van der Waals surface area contributed by atoms with Crippen LogP contribution in [-0.2, 0) is 23.7 Å². The predicted octanol–water partition coefficient (Wildman–Crippen LogP) is 1.09. The number of hydrogen-bond donors (Lipinski definition) is 1. The Bertz CT molecular complexity index is 328. The van der Waals surface area contributed by atoms with Crippen molar-refractivity contribution in [1.82, 2.24) is 5.32 Å². The van der Waals surface area contributed by atoms with E-state index in [-0.39, 0.29) is 13.3 Å². The van der Waals surface area contributed by atoms with Crippen LogP contribution in [0.1, 0.15) is 22.2 Å². The first-order chi connectivity index (χ1) is 10.7. The van der Waals surface area contributed by atoms with Gasteiger partial charge in [0.1, 0.15) is 6.61 Å². The van der Waals surface area contributed by atoms with E-state index in [1.54, 1.807) is 6.92 Å². The summed E-state index contributed by atoms with van der Waals surface area (Å²) in [5.41, 5.74) is 0. The minimum Gasteiger partial charge on any atom is -0.377 e. The molecule has 0 aromatic rings. The maximum absolute atomic E-state index is 11.3. The summed E-state index contributed by atoms with van der Waals surface area (Å²) < 4.78 is 21.2. The number of carbonyl (C=O) groups excluding carboxylic acids is 1. The lowest BCUT2D eigenvalue weighted by atomic mass is 10.2. The van der Waals surface area contributed by atoms with Crippen LogP contribution >= 0.6 is 0 Å². The molecule has 0 aliphatic rings. The second-order valence-corrected chi connectivity index (χ2v) is 4.76. The van der Waals surface area contributed by atoms with Crippen LogP contribution in [0.15, 0.2) is 0 Å². The molecule has 0 saturated heterocycles. The molecular formula is C16H31NO5. The third kappa shape index (κ3) is 15.3. The van der Waals surface area contributed by atoms with E-state index in [4.69, 9.17) is 18.9 Å². The highest BCUT2D eigenvalue weighted by Crippen LogP contribution is 1.89. The van der Waals surface area contributed by atoms with Gasteiger partial charge in [0.15, 0.2) is 0 Å². The van der Waals surface area contributed by atoms with Gasteiger partial charge in [-0.2, -0.15) is 0 Å². The van der Waals surface area contributed by atoms with Gasteiger partial charge in [0, 0.05) is 13.9 Å². The molecule has 0 spiro atoms. The SMILES string of the molecule is CC#CCOCCOCCOCCOCCNC(=O)C(C)C.[HH]. The van der Waals surface area contributed by atoms with Gasteiger partial charge in [-0.05, 0) is 6.92 Å². The van der Waals surface area contributed by atoms with Crippen molar-refractivity contribution in [2.45, 2.75) is 20.8 Å². The van der Waals surface area contributed by atoms with Crippen molar-refractivity contribution < 1.29 is 25.2 Å². The van der Waals surface area contributed by atoms with E-state index in [2.05, 4.69) is 17.2 Å². The summed E-state index contributed by atoms with van der Waals surface area (Å²) in [6.45, 7) is 10.2. The number of ether oxygens (including phenoxy) is 4. The summed E-state index contributed by atoms with van der Waals surface area (Å²) in [7, 11) is 0. The first-order valence-corrected chi connectivity index (χ1v) is 7.66. The molecule has 6 heteroatoms. The molecule has 0 fully saturated rings. The smallest absolute Gasteiger partial charge is 0.222 e. The summed E-state index contributed by atoms with van der Waals surface area (Å²) in [6.07, 6.45) is 0. The molecule has 0 aromatic heterocycles. The summed E-state index contributed by atoms with van der Waals surface area (Å²) in [5, 5.41) is 2.78. The number of carbonyl (C=O) groups is 1. The van der Waals surface area contributed by atoms with Crippen molar-refractivity contribution in [2.75, 3.05) is 59.4 Å². The maximum Gasteiger partial charge on any atom is 0.222 e. The fourth-order valence-electron chi connectivity index (χ4n) is 1.31. The Hall–Kier alpha value is -1.13. The van der Waals surface area contributed by atoms with Crippen molar-refractivity contribution in [3.05, 3.63) is 0 Å². The zero-order valence-electron chi connectivity index (χ0n) is 14.0. The Kier molecular flexibility index (Phi) is 15.4. The third-order valence-electron chi connectivity index (χ3n) is 2.54. The molecule has 6 nitrogen and oxygen atoms in total. The molecule has 1 N–H and O–H groups in total. The monoisotopic (exact) mass is 317 g/mol. The molecular weight excluding hydrogens is 286 g/mol. The normalized spacial score (nSPS) is 10.4. The fraction of sp³-hybridized carbons (Fsp3) is 0.812. The summed E-state index contributed by atoms with van der Waals surface area (Å²) in [5.74, 6) is 5.62. The van der Waals surface area contributed by atoms with Crippen molar-refractivity contribution in [2.24, 2.45) is 5.92 Å². The first-order valence-electron chi connectivity index (χ1n) is 7.66. The lowest BCUT2D eigenvalue weighted by Crippen LogP contribution is -2.31. The second-order valence-electron chi connectivity index (χ2n) is 4.76. The first kappa shape index (κ1) is 20.9. The van der Waals surface area contributed by atoms with E-state index in [0.717, 1.165) is 0 Å². The lowest BCUT2D eigenvalue weighted by molar-refractivity contribution is -0.124. The molecule has 0 rings (SSSR count). The molecule has 0 heterocycles. The Balaban J connectivity index is 0. The van der Waals surface area contributed by atoms with E-state index in [0.29, 0.717) is 59.4 Å². The average Bonchev–Trinajstić information content (AvgIpc) is 2.50. The topological polar surface area (TPSA) is 66.0 Å². The molecule has 0 aliphatic heterocycles. The number of nitrogens with one attached hydrogen (secondary N) is 1. The third-order valence-corrected chi connectivity index (χ3v) is 2.54. The van der Waals surface area contributed by atoms with E-state index in [1.165, 1.54) is 0 Å². The zero-order valence-corrected chi connectivity index (χ0v) is 14.0. The van der Waals surface area contributed by atoms with Gasteiger partial charge in [0.2, 0.25) is 5.91 Å². The second kappa shape index (κ2) is 16.2. The highest BCUT2D eigenvalue weighted by Gasteiger charge is 2.04. The number of hydrogen-bond acceptors (Lipinski definition) is 5. The van der Waals surface area contributed by atoms with E-state index < -0.39 is 0 Å². The van der Waals surface area contributed by atoms with Crippen LogP contribution in [0.4, 0.5) is 0 Å². The molecule has 0 radical (unpaired) electrons. The molecule has 0 aliphatic carbocycles. The number of amides is 1. The van der Waals surface area contributed by atoms with Crippen molar-refractivity contribution >= 4 is 5.91 Å². The molecule has 0 unspecified atom stereocenters. The van der Waals surface area contributed by atoms with Crippen LogP contribution < -0.4 is 5.32 Å². The van der Waals surface area contributed by atoms with E-state index >= 15 is 0 Å². The van der Waals surface area contributed by atoms with Crippen molar-refractivity contribution in [1.29, 1.82) is 0 Å². The minimum atomic E-state index is 0. The van der Waals surface area contributed by atoms with Gasteiger partial charge in [0.05, 0.1) is 46.2 Å². The average molecular weight is 317 g/mol. The van der Waals surface area contributed by atoms with E-state index in [1.807, 2.05) is 13.8 Å². The van der Waals surface area contributed by atoms with Crippen LogP contribution in [-0.4, -0.2) is 65.3 Å².